The van der Waals surface area contributed by atoms with Crippen molar-refractivity contribution in [1.29, 1.82) is 0 Å². The summed E-state index contributed by atoms with van der Waals surface area (Å²) in [6.07, 6.45) is 1.76. The third-order valence-electron chi connectivity index (χ3n) is 4.21. The summed E-state index contributed by atoms with van der Waals surface area (Å²) in [5, 5.41) is 6.73. The maximum atomic E-state index is 12.1. The van der Waals surface area contributed by atoms with E-state index in [0.717, 1.165) is 5.56 Å². The van der Waals surface area contributed by atoms with Crippen LogP contribution in [0.1, 0.15) is 11.1 Å². The molecule has 3 aromatic rings. The third-order valence-corrected chi connectivity index (χ3v) is 4.21. The van der Waals surface area contributed by atoms with Crippen LogP contribution in [0.25, 0.3) is 0 Å². The topological polar surface area (TPSA) is 89.0 Å². The smallest absolute Gasteiger partial charge is 0.262 e. The van der Waals surface area contributed by atoms with Gasteiger partial charge < -0.3 is 14.8 Å². The Balaban J connectivity index is 1.52. The largest absolute Gasteiger partial charge is 0.493 e. The molecule has 0 saturated carbocycles. The van der Waals surface area contributed by atoms with E-state index in [9.17, 15) is 9.59 Å². The molecule has 2 N–H and O–H groups in total. The fourth-order valence-electron chi connectivity index (χ4n) is 2.75. The fraction of sp³-hybridized carbons (Fsp3) is 0.125. The monoisotopic (exact) mass is 417 g/mol. The number of rotatable bonds is 9. The first-order valence-corrected chi connectivity index (χ1v) is 9.65. The number of amides is 2. The van der Waals surface area contributed by atoms with E-state index in [1.54, 1.807) is 30.3 Å². The molecule has 31 heavy (non-hydrogen) atoms. The van der Waals surface area contributed by atoms with Crippen LogP contribution in [-0.4, -0.2) is 31.7 Å². The highest BCUT2D eigenvalue weighted by Crippen LogP contribution is 2.27. The first kappa shape index (κ1) is 21.6. The predicted molar refractivity (Wildman–Crippen MR) is 119 cm³/mol. The van der Waals surface area contributed by atoms with Gasteiger partial charge in [-0.15, -0.1) is 0 Å². The number of hydrazone groups is 1. The number of anilines is 1. The minimum absolute atomic E-state index is 0.158. The van der Waals surface area contributed by atoms with Gasteiger partial charge in [0.2, 0.25) is 5.91 Å². The Labute approximate surface area is 180 Å². The van der Waals surface area contributed by atoms with Gasteiger partial charge in [0.05, 0.1) is 19.7 Å². The van der Waals surface area contributed by atoms with Crippen molar-refractivity contribution in [3.05, 3.63) is 90.0 Å². The predicted octanol–water partition coefficient (Wildman–Crippen LogP) is 3.41. The molecule has 0 unspecified atom stereocenters. The second-order valence-corrected chi connectivity index (χ2v) is 6.57. The molecule has 7 heteroatoms. The summed E-state index contributed by atoms with van der Waals surface area (Å²) in [6.45, 7) is -0.158. The van der Waals surface area contributed by atoms with E-state index in [2.05, 4.69) is 15.8 Å². The molecule has 3 aromatic carbocycles. The molecule has 0 spiro atoms. The number of methoxy groups -OCH3 is 1. The maximum absolute atomic E-state index is 12.1. The molecule has 0 fully saturated rings. The van der Waals surface area contributed by atoms with E-state index in [-0.39, 0.29) is 24.8 Å². The average Bonchev–Trinajstić information content (AvgIpc) is 2.79. The van der Waals surface area contributed by atoms with Crippen molar-refractivity contribution in [2.24, 2.45) is 5.10 Å². The molecule has 3 rings (SSSR count). The number of carbonyl (C=O) groups is 2. The fourth-order valence-corrected chi connectivity index (χ4v) is 2.75. The Morgan fingerprint density at radius 2 is 1.61 bits per heavy atom. The van der Waals surface area contributed by atoms with E-state index in [0.29, 0.717) is 22.7 Å². The molecule has 0 aliphatic heterocycles. The summed E-state index contributed by atoms with van der Waals surface area (Å²) < 4.78 is 10.9. The summed E-state index contributed by atoms with van der Waals surface area (Å²) in [4.78, 5) is 24.0. The lowest BCUT2D eigenvalue weighted by Crippen LogP contribution is -2.20. The molecule has 0 heterocycles. The van der Waals surface area contributed by atoms with Gasteiger partial charge >= 0.3 is 0 Å². The Morgan fingerprint density at radius 1 is 0.903 bits per heavy atom. The second kappa shape index (κ2) is 11.2. The molecule has 0 aromatic heterocycles. The lowest BCUT2D eigenvalue weighted by Gasteiger charge is -2.11. The molecule has 7 nitrogen and oxygen atoms in total. The zero-order valence-electron chi connectivity index (χ0n) is 17.1. The maximum Gasteiger partial charge on any atom is 0.262 e. The number of hydrogen-bond donors (Lipinski definition) is 2. The molecule has 0 bridgehead atoms. The molecule has 0 saturated heterocycles. The highest BCUT2D eigenvalue weighted by Gasteiger charge is 2.09. The van der Waals surface area contributed by atoms with Crippen molar-refractivity contribution in [3.63, 3.8) is 0 Å². The summed E-state index contributed by atoms with van der Waals surface area (Å²) >= 11 is 0. The molecule has 0 radical (unpaired) electrons. The van der Waals surface area contributed by atoms with Crippen molar-refractivity contribution in [3.8, 4) is 11.5 Å². The average molecular weight is 417 g/mol. The number of benzene rings is 3. The molecule has 0 aliphatic carbocycles. The normalized spacial score (nSPS) is 10.5. The molecular formula is C24H23N3O4. The summed E-state index contributed by atoms with van der Waals surface area (Å²) in [5.74, 6) is 0.391. The van der Waals surface area contributed by atoms with Crippen LogP contribution in [-0.2, 0) is 16.0 Å². The quantitative estimate of drug-likeness (QED) is 0.413. The van der Waals surface area contributed by atoms with Crippen molar-refractivity contribution in [1.82, 2.24) is 5.43 Å². The van der Waals surface area contributed by atoms with Gasteiger partial charge in [-0.3, -0.25) is 9.59 Å². The van der Waals surface area contributed by atoms with Crippen LogP contribution in [0.5, 0.6) is 11.5 Å². The highest BCUT2D eigenvalue weighted by atomic mass is 16.5. The van der Waals surface area contributed by atoms with E-state index in [4.69, 9.17) is 9.47 Å². The van der Waals surface area contributed by atoms with Crippen LogP contribution >= 0.6 is 0 Å². The Kier molecular flexibility index (Phi) is 7.77. The summed E-state index contributed by atoms with van der Waals surface area (Å²) in [7, 11) is 1.51. The van der Waals surface area contributed by atoms with Crippen LogP contribution in [0.4, 0.5) is 5.69 Å². The lowest BCUT2D eigenvalue weighted by atomic mass is 10.1. The summed E-state index contributed by atoms with van der Waals surface area (Å²) in [5.41, 5.74) is 4.82. The standard InChI is InChI=1S/C24H23N3O4/c1-30-22-14-19(16-25-27-23(28)15-18-8-4-2-5-9-18)12-13-21(22)31-17-24(29)26-20-10-6-3-7-11-20/h2-14,16H,15,17H2,1H3,(H,26,29)(H,27,28). The SMILES string of the molecule is COc1cc(C=NNC(=O)Cc2ccccc2)ccc1OCC(=O)Nc1ccccc1. The van der Waals surface area contributed by atoms with Gasteiger partial charge in [-0.1, -0.05) is 48.5 Å². The van der Waals surface area contributed by atoms with Crippen LogP contribution < -0.4 is 20.2 Å². The Hall–Kier alpha value is -4.13. The number of ether oxygens (including phenoxy) is 2. The second-order valence-electron chi connectivity index (χ2n) is 6.57. The van der Waals surface area contributed by atoms with Crippen molar-refractivity contribution in [2.75, 3.05) is 19.0 Å². The van der Waals surface area contributed by atoms with E-state index >= 15 is 0 Å². The van der Waals surface area contributed by atoms with E-state index < -0.39 is 0 Å². The van der Waals surface area contributed by atoms with Crippen LogP contribution in [0.15, 0.2) is 84.0 Å². The zero-order valence-corrected chi connectivity index (χ0v) is 17.1. The minimum Gasteiger partial charge on any atom is -0.493 e. The van der Waals surface area contributed by atoms with Gasteiger partial charge in [-0.25, -0.2) is 5.43 Å². The number of carbonyl (C=O) groups excluding carboxylic acids is 2. The first-order valence-electron chi connectivity index (χ1n) is 9.65. The van der Waals surface area contributed by atoms with Crippen LogP contribution in [0.3, 0.4) is 0 Å². The third kappa shape index (κ3) is 7.01. The Bertz CT molecular complexity index is 1040. The van der Waals surface area contributed by atoms with Gasteiger partial charge in [-0.05, 0) is 41.5 Å². The first-order chi connectivity index (χ1) is 15.1. The lowest BCUT2D eigenvalue weighted by molar-refractivity contribution is -0.120. The van der Waals surface area contributed by atoms with Crippen LogP contribution in [0.2, 0.25) is 0 Å². The van der Waals surface area contributed by atoms with E-state index in [1.165, 1.54) is 13.3 Å². The van der Waals surface area contributed by atoms with Gasteiger partial charge in [0.1, 0.15) is 0 Å². The van der Waals surface area contributed by atoms with Crippen molar-refractivity contribution in [2.45, 2.75) is 6.42 Å². The van der Waals surface area contributed by atoms with E-state index in [1.807, 2.05) is 48.5 Å². The molecule has 158 valence electrons. The molecule has 0 aliphatic rings. The number of para-hydroxylation sites is 1. The zero-order chi connectivity index (χ0) is 21.9. The minimum atomic E-state index is -0.278. The van der Waals surface area contributed by atoms with Crippen molar-refractivity contribution < 1.29 is 19.1 Å². The van der Waals surface area contributed by atoms with Gasteiger partial charge in [0.15, 0.2) is 18.1 Å². The van der Waals surface area contributed by atoms with Gasteiger partial charge in [0, 0.05) is 5.69 Å². The Morgan fingerprint density at radius 3 is 2.32 bits per heavy atom. The molecule has 0 atom stereocenters. The van der Waals surface area contributed by atoms with Gasteiger partial charge in [0.25, 0.3) is 5.91 Å². The number of nitrogens with one attached hydrogen (secondary N) is 2. The van der Waals surface area contributed by atoms with Crippen molar-refractivity contribution >= 4 is 23.7 Å². The van der Waals surface area contributed by atoms with Gasteiger partial charge in [-0.2, -0.15) is 5.10 Å². The number of hydrogen-bond acceptors (Lipinski definition) is 5. The number of nitrogens with zero attached hydrogens (tertiary/aromatic N) is 1. The summed E-state index contributed by atoms with van der Waals surface area (Å²) in [6, 6.07) is 23.7. The molecule has 2 amide bonds. The van der Waals surface area contributed by atoms with Crippen LogP contribution in [0, 0.1) is 0 Å². The highest BCUT2D eigenvalue weighted by molar-refractivity contribution is 5.92. The molecular weight excluding hydrogens is 394 g/mol.